The van der Waals surface area contributed by atoms with Crippen molar-refractivity contribution in [2.45, 2.75) is 13.8 Å². The van der Waals surface area contributed by atoms with E-state index in [0.717, 1.165) is 0 Å². The SMILES string of the molecule is CC(C)C(CNC(=O)C1=COCCO1)C(=O)O. The second-order valence-corrected chi connectivity index (χ2v) is 4.10. The number of carboxylic acids is 1. The standard InChI is InChI=1S/C11H17NO5/c1-7(2)8(11(14)15)5-12-10(13)9-6-16-3-4-17-9/h6-8H,3-5H2,1-2H3,(H,12,13)(H,14,15). The lowest BCUT2D eigenvalue weighted by Crippen LogP contribution is -2.37. The van der Waals surface area contributed by atoms with Gasteiger partial charge in [0, 0.05) is 6.54 Å². The molecule has 2 N–H and O–H groups in total. The Bertz CT molecular complexity index is 324. The van der Waals surface area contributed by atoms with Crippen molar-refractivity contribution in [1.29, 1.82) is 0 Å². The third kappa shape index (κ3) is 3.97. The minimum absolute atomic E-state index is 0.0506. The highest BCUT2D eigenvalue weighted by Crippen LogP contribution is 2.10. The van der Waals surface area contributed by atoms with Gasteiger partial charge in [-0.05, 0) is 5.92 Å². The lowest BCUT2D eigenvalue weighted by Gasteiger charge is -2.18. The molecule has 17 heavy (non-hydrogen) atoms. The molecule has 1 heterocycles. The average Bonchev–Trinajstić information content (AvgIpc) is 2.29. The summed E-state index contributed by atoms with van der Waals surface area (Å²) >= 11 is 0. The fraction of sp³-hybridized carbons (Fsp3) is 0.636. The van der Waals surface area contributed by atoms with Gasteiger partial charge in [0.25, 0.3) is 5.91 Å². The smallest absolute Gasteiger partial charge is 0.308 e. The molecule has 0 fully saturated rings. The van der Waals surface area contributed by atoms with Crippen molar-refractivity contribution in [3.8, 4) is 0 Å². The number of hydrogen-bond acceptors (Lipinski definition) is 4. The summed E-state index contributed by atoms with van der Waals surface area (Å²) in [5.74, 6) is -1.94. The summed E-state index contributed by atoms with van der Waals surface area (Å²) in [5.41, 5.74) is 0. The van der Waals surface area contributed by atoms with Gasteiger partial charge in [-0.3, -0.25) is 9.59 Å². The third-order valence-corrected chi connectivity index (χ3v) is 2.48. The van der Waals surface area contributed by atoms with Crippen molar-refractivity contribution in [3.05, 3.63) is 12.0 Å². The number of aliphatic carboxylic acids is 1. The zero-order valence-electron chi connectivity index (χ0n) is 9.93. The first-order valence-electron chi connectivity index (χ1n) is 5.48. The van der Waals surface area contributed by atoms with E-state index in [1.54, 1.807) is 13.8 Å². The Kier molecular flexibility index (Phi) is 4.81. The van der Waals surface area contributed by atoms with Crippen molar-refractivity contribution in [3.63, 3.8) is 0 Å². The number of nitrogens with one attached hydrogen (secondary N) is 1. The largest absolute Gasteiger partial charge is 0.494 e. The van der Waals surface area contributed by atoms with E-state index in [4.69, 9.17) is 14.6 Å². The molecule has 1 amide bonds. The van der Waals surface area contributed by atoms with Crippen LogP contribution in [0.1, 0.15) is 13.8 Å². The molecule has 0 bridgehead atoms. The Morgan fingerprint density at radius 1 is 1.47 bits per heavy atom. The second kappa shape index (κ2) is 6.12. The van der Waals surface area contributed by atoms with Crippen LogP contribution in [0.3, 0.4) is 0 Å². The summed E-state index contributed by atoms with van der Waals surface area (Å²) in [6, 6.07) is 0. The van der Waals surface area contributed by atoms with E-state index in [1.165, 1.54) is 6.26 Å². The van der Waals surface area contributed by atoms with E-state index in [2.05, 4.69) is 5.32 Å². The summed E-state index contributed by atoms with van der Waals surface area (Å²) in [6.45, 7) is 4.41. The molecule has 0 aromatic carbocycles. The number of hydrogen-bond donors (Lipinski definition) is 2. The Hall–Kier alpha value is -1.72. The number of rotatable bonds is 5. The second-order valence-electron chi connectivity index (χ2n) is 4.10. The minimum Gasteiger partial charge on any atom is -0.494 e. The highest BCUT2D eigenvalue weighted by molar-refractivity contribution is 5.91. The molecule has 0 aromatic rings. The Labute approximate surface area is 99.6 Å². The van der Waals surface area contributed by atoms with Gasteiger partial charge in [0.05, 0.1) is 5.92 Å². The zero-order valence-corrected chi connectivity index (χ0v) is 9.93. The van der Waals surface area contributed by atoms with Crippen LogP contribution in [0.5, 0.6) is 0 Å². The molecule has 1 aliphatic rings. The van der Waals surface area contributed by atoms with Crippen molar-refractivity contribution in [1.82, 2.24) is 5.32 Å². The predicted octanol–water partition coefficient (Wildman–Crippen LogP) is 0.348. The lowest BCUT2D eigenvalue weighted by molar-refractivity contribution is -0.143. The van der Waals surface area contributed by atoms with Crippen molar-refractivity contribution < 1.29 is 24.2 Å². The van der Waals surface area contributed by atoms with Gasteiger partial charge in [-0.2, -0.15) is 0 Å². The van der Waals surface area contributed by atoms with E-state index >= 15 is 0 Å². The third-order valence-electron chi connectivity index (χ3n) is 2.48. The minimum atomic E-state index is -0.921. The van der Waals surface area contributed by atoms with E-state index in [1.807, 2.05) is 0 Å². The number of ether oxygens (including phenoxy) is 2. The maximum atomic E-state index is 11.6. The molecule has 0 saturated carbocycles. The van der Waals surface area contributed by atoms with Gasteiger partial charge in [0.15, 0.2) is 0 Å². The molecule has 6 heteroatoms. The van der Waals surface area contributed by atoms with Crippen molar-refractivity contribution in [2.24, 2.45) is 11.8 Å². The van der Waals surface area contributed by atoms with E-state index in [9.17, 15) is 9.59 Å². The summed E-state index contributed by atoms with van der Waals surface area (Å²) in [4.78, 5) is 22.5. The van der Waals surface area contributed by atoms with Gasteiger partial charge < -0.3 is 19.9 Å². The zero-order chi connectivity index (χ0) is 12.8. The van der Waals surface area contributed by atoms with Crippen LogP contribution >= 0.6 is 0 Å². The van der Waals surface area contributed by atoms with Crippen LogP contribution in [-0.2, 0) is 19.1 Å². The summed E-state index contributed by atoms with van der Waals surface area (Å²) < 4.78 is 10.0. The van der Waals surface area contributed by atoms with Crippen LogP contribution < -0.4 is 5.32 Å². The van der Waals surface area contributed by atoms with Gasteiger partial charge in [0.2, 0.25) is 5.76 Å². The molecule has 1 aliphatic heterocycles. The average molecular weight is 243 g/mol. The number of carbonyl (C=O) groups excluding carboxylic acids is 1. The van der Waals surface area contributed by atoms with E-state index in [0.29, 0.717) is 13.2 Å². The van der Waals surface area contributed by atoms with Gasteiger partial charge in [-0.25, -0.2) is 0 Å². The van der Waals surface area contributed by atoms with Crippen LogP contribution in [0.4, 0.5) is 0 Å². The predicted molar refractivity (Wildman–Crippen MR) is 59.0 cm³/mol. The van der Waals surface area contributed by atoms with Crippen LogP contribution in [0.25, 0.3) is 0 Å². The van der Waals surface area contributed by atoms with Crippen LogP contribution in [0.15, 0.2) is 12.0 Å². The molecule has 1 rings (SSSR count). The molecular weight excluding hydrogens is 226 g/mol. The number of amides is 1. The first kappa shape index (κ1) is 13.3. The van der Waals surface area contributed by atoms with Gasteiger partial charge >= 0.3 is 5.97 Å². The van der Waals surface area contributed by atoms with Crippen molar-refractivity contribution in [2.75, 3.05) is 19.8 Å². The van der Waals surface area contributed by atoms with Gasteiger partial charge in [-0.15, -0.1) is 0 Å². The molecule has 6 nitrogen and oxygen atoms in total. The quantitative estimate of drug-likeness (QED) is 0.727. The van der Waals surface area contributed by atoms with Crippen molar-refractivity contribution >= 4 is 11.9 Å². The molecule has 0 spiro atoms. The van der Waals surface area contributed by atoms with Gasteiger partial charge in [0.1, 0.15) is 19.5 Å². The summed E-state index contributed by atoms with van der Waals surface area (Å²) in [5, 5.41) is 11.5. The Balaban J connectivity index is 2.46. The summed E-state index contributed by atoms with van der Waals surface area (Å²) in [6.07, 6.45) is 1.24. The molecule has 0 saturated heterocycles. The first-order valence-corrected chi connectivity index (χ1v) is 5.48. The van der Waals surface area contributed by atoms with E-state index < -0.39 is 17.8 Å². The molecule has 1 atom stereocenters. The molecule has 0 aromatic heterocycles. The first-order chi connectivity index (χ1) is 8.02. The normalized spacial score (nSPS) is 16.5. The van der Waals surface area contributed by atoms with Crippen LogP contribution in [-0.4, -0.2) is 36.7 Å². The molecular formula is C11H17NO5. The molecule has 96 valence electrons. The highest BCUT2D eigenvalue weighted by Gasteiger charge is 2.23. The fourth-order valence-corrected chi connectivity index (χ4v) is 1.39. The fourth-order valence-electron chi connectivity index (χ4n) is 1.39. The summed E-state index contributed by atoms with van der Waals surface area (Å²) in [7, 11) is 0. The van der Waals surface area contributed by atoms with Crippen LogP contribution in [0.2, 0.25) is 0 Å². The maximum Gasteiger partial charge on any atom is 0.308 e. The lowest BCUT2D eigenvalue weighted by atomic mass is 9.96. The highest BCUT2D eigenvalue weighted by atomic mass is 16.6. The topological polar surface area (TPSA) is 84.9 Å². The van der Waals surface area contributed by atoms with E-state index in [-0.39, 0.29) is 18.2 Å². The van der Waals surface area contributed by atoms with Crippen LogP contribution in [0, 0.1) is 11.8 Å². The Morgan fingerprint density at radius 3 is 2.65 bits per heavy atom. The molecule has 1 unspecified atom stereocenters. The monoisotopic (exact) mass is 243 g/mol. The molecule has 0 aliphatic carbocycles. The number of carboxylic acid groups (broad SMARTS) is 1. The maximum absolute atomic E-state index is 11.6. The Morgan fingerprint density at radius 2 is 2.18 bits per heavy atom. The molecule has 0 radical (unpaired) electrons. The number of carbonyl (C=O) groups is 2. The van der Waals surface area contributed by atoms with Gasteiger partial charge in [-0.1, -0.05) is 13.8 Å².